The molecule has 31 heavy (non-hydrogen) atoms. The largest absolute Gasteiger partial charge is 0.349 e. The number of anilines is 1. The highest BCUT2D eigenvalue weighted by atomic mass is 16.2. The second-order valence-corrected chi connectivity index (χ2v) is 7.55. The van der Waals surface area contributed by atoms with Crippen molar-refractivity contribution in [1.82, 2.24) is 5.32 Å². The minimum Gasteiger partial charge on any atom is -0.349 e. The fourth-order valence-electron chi connectivity index (χ4n) is 3.67. The van der Waals surface area contributed by atoms with E-state index in [1.807, 2.05) is 79.7 Å². The summed E-state index contributed by atoms with van der Waals surface area (Å²) in [6, 6.07) is 30.6. The maximum atomic E-state index is 12.7. The minimum absolute atomic E-state index is 0.0393. The van der Waals surface area contributed by atoms with Gasteiger partial charge >= 0.3 is 0 Å². The summed E-state index contributed by atoms with van der Waals surface area (Å²) in [7, 11) is 0. The van der Waals surface area contributed by atoms with Crippen LogP contribution in [0.25, 0.3) is 10.8 Å². The van der Waals surface area contributed by atoms with Gasteiger partial charge in [-0.1, -0.05) is 72.8 Å². The molecule has 0 bridgehead atoms. The molecule has 2 amide bonds. The predicted molar refractivity (Wildman–Crippen MR) is 125 cm³/mol. The molecule has 1 atom stereocenters. The number of amides is 2. The number of rotatable bonds is 6. The van der Waals surface area contributed by atoms with Crippen molar-refractivity contribution in [3.05, 3.63) is 114 Å². The second kappa shape index (κ2) is 9.26. The minimum atomic E-state index is -0.184. The highest BCUT2D eigenvalue weighted by Crippen LogP contribution is 2.21. The summed E-state index contributed by atoms with van der Waals surface area (Å²) >= 11 is 0. The van der Waals surface area contributed by atoms with Crippen LogP contribution in [0.1, 0.15) is 34.5 Å². The van der Waals surface area contributed by atoms with Crippen molar-refractivity contribution in [2.45, 2.75) is 19.4 Å². The van der Waals surface area contributed by atoms with Gasteiger partial charge in [-0.3, -0.25) is 9.59 Å². The SMILES string of the molecule is CC(NC(=O)Cc1cccc2ccccc12)c1cccc(NC(=O)c2ccccc2)c1. The van der Waals surface area contributed by atoms with Crippen LogP contribution < -0.4 is 10.6 Å². The number of carbonyl (C=O) groups is 2. The van der Waals surface area contributed by atoms with E-state index < -0.39 is 0 Å². The third-order valence-electron chi connectivity index (χ3n) is 5.29. The summed E-state index contributed by atoms with van der Waals surface area (Å²) in [5.74, 6) is -0.201. The van der Waals surface area contributed by atoms with E-state index in [9.17, 15) is 9.59 Å². The van der Waals surface area contributed by atoms with Gasteiger partial charge in [-0.25, -0.2) is 0 Å². The monoisotopic (exact) mass is 408 g/mol. The van der Waals surface area contributed by atoms with E-state index in [0.717, 1.165) is 21.9 Å². The van der Waals surface area contributed by atoms with E-state index in [1.54, 1.807) is 12.1 Å². The van der Waals surface area contributed by atoms with Crippen LogP contribution in [0.15, 0.2) is 97.1 Å². The van der Waals surface area contributed by atoms with Gasteiger partial charge in [0.1, 0.15) is 0 Å². The third-order valence-corrected chi connectivity index (χ3v) is 5.29. The van der Waals surface area contributed by atoms with Crippen molar-refractivity contribution in [1.29, 1.82) is 0 Å². The molecule has 0 heterocycles. The lowest BCUT2D eigenvalue weighted by Gasteiger charge is -2.16. The molecule has 154 valence electrons. The number of nitrogens with one attached hydrogen (secondary N) is 2. The van der Waals surface area contributed by atoms with E-state index in [4.69, 9.17) is 0 Å². The molecule has 0 saturated heterocycles. The van der Waals surface area contributed by atoms with Crippen LogP contribution in [0.3, 0.4) is 0 Å². The Morgan fingerprint density at radius 3 is 2.35 bits per heavy atom. The Bertz CT molecular complexity index is 1210. The topological polar surface area (TPSA) is 58.2 Å². The molecule has 0 spiro atoms. The number of benzene rings is 4. The Hall–Kier alpha value is -3.92. The smallest absolute Gasteiger partial charge is 0.255 e. The molecule has 2 N–H and O–H groups in total. The highest BCUT2D eigenvalue weighted by Gasteiger charge is 2.13. The van der Waals surface area contributed by atoms with Crippen LogP contribution in [0, 0.1) is 0 Å². The maximum Gasteiger partial charge on any atom is 0.255 e. The first-order chi connectivity index (χ1) is 15.1. The van der Waals surface area contributed by atoms with Gasteiger partial charge in [0.2, 0.25) is 5.91 Å². The first-order valence-electron chi connectivity index (χ1n) is 10.3. The molecule has 4 nitrogen and oxygen atoms in total. The number of carbonyl (C=O) groups excluding carboxylic acids is 2. The van der Waals surface area contributed by atoms with Gasteiger partial charge in [-0.05, 0) is 53.1 Å². The number of fused-ring (bicyclic) bond motifs is 1. The fourth-order valence-corrected chi connectivity index (χ4v) is 3.67. The number of hydrogen-bond donors (Lipinski definition) is 2. The Labute approximate surface area is 181 Å². The van der Waals surface area contributed by atoms with Crippen LogP contribution in [0.5, 0.6) is 0 Å². The van der Waals surface area contributed by atoms with Gasteiger partial charge in [0.05, 0.1) is 12.5 Å². The van der Waals surface area contributed by atoms with Crippen LogP contribution >= 0.6 is 0 Å². The zero-order chi connectivity index (χ0) is 21.6. The van der Waals surface area contributed by atoms with Gasteiger partial charge < -0.3 is 10.6 Å². The third kappa shape index (κ3) is 4.98. The molecular weight excluding hydrogens is 384 g/mol. The molecule has 4 heteroatoms. The van der Waals surface area contributed by atoms with E-state index in [1.165, 1.54) is 0 Å². The normalized spacial score (nSPS) is 11.6. The molecule has 0 aliphatic carbocycles. The van der Waals surface area contributed by atoms with E-state index in [0.29, 0.717) is 17.7 Å². The Kier molecular flexibility index (Phi) is 6.08. The molecule has 0 saturated carbocycles. The lowest BCUT2D eigenvalue weighted by Crippen LogP contribution is -2.28. The fraction of sp³-hybridized carbons (Fsp3) is 0.111. The molecule has 0 aromatic heterocycles. The molecule has 0 aliphatic rings. The van der Waals surface area contributed by atoms with E-state index in [2.05, 4.69) is 22.8 Å². The standard InChI is InChI=1S/C27H24N2O2/c1-19(28-26(30)18-23-14-7-12-20-9-5-6-16-25(20)23)22-13-8-15-24(17-22)29-27(31)21-10-3-2-4-11-21/h2-17,19H,18H2,1H3,(H,28,30)(H,29,31). The van der Waals surface area contributed by atoms with Crippen molar-refractivity contribution >= 4 is 28.3 Å². The molecule has 0 fully saturated rings. The lowest BCUT2D eigenvalue weighted by molar-refractivity contribution is -0.121. The van der Waals surface area contributed by atoms with Crippen molar-refractivity contribution < 1.29 is 9.59 Å². The van der Waals surface area contributed by atoms with Crippen LogP contribution in [-0.2, 0) is 11.2 Å². The zero-order valence-corrected chi connectivity index (χ0v) is 17.3. The Morgan fingerprint density at radius 2 is 1.52 bits per heavy atom. The summed E-state index contributed by atoms with van der Waals surface area (Å²) < 4.78 is 0. The molecule has 4 rings (SSSR count). The predicted octanol–water partition coefficient (Wildman–Crippen LogP) is 5.51. The highest BCUT2D eigenvalue weighted by molar-refractivity contribution is 6.04. The molecule has 0 aliphatic heterocycles. The van der Waals surface area contributed by atoms with Gasteiger partial charge in [0, 0.05) is 11.3 Å². The maximum absolute atomic E-state index is 12.7. The van der Waals surface area contributed by atoms with Gasteiger partial charge in [-0.2, -0.15) is 0 Å². The molecule has 1 unspecified atom stereocenters. The average Bonchev–Trinajstić information content (AvgIpc) is 2.80. The van der Waals surface area contributed by atoms with Gasteiger partial charge in [-0.15, -0.1) is 0 Å². The zero-order valence-electron chi connectivity index (χ0n) is 17.3. The van der Waals surface area contributed by atoms with Crippen molar-refractivity contribution in [3.8, 4) is 0 Å². The lowest BCUT2D eigenvalue weighted by atomic mass is 10.0. The average molecular weight is 409 g/mol. The van der Waals surface area contributed by atoms with Crippen LogP contribution in [0.4, 0.5) is 5.69 Å². The second-order valence-electron chi connectivity index (χ2n) is 7.55. The van der Waals surface area contributed by atoms with E-state index >= 15 is 0 Å². The van der Waals surface area contributed by atoms with Crippen molar-refractivity contribution in [2.75, 3.05) is 5.32 Å². The molecule has 0 radical (unpaired) electrons. The summed E-state index contributed by atoms with van der Waals surface area (Å²) in [6.07, 6.45) is 0.316. The van der Waals surface area contributed by atoms with Crippen LogP contribution in [-0.4, -0.2) is 11.8 Å². The summed E-state index contributed by atoms with van der Waals surface area (Å²) in [5.41, 5.74) is 3.23. The molecular formula is C27H24N2O2. The summed E-state index contributed by atoms with van der Waals surface area (Å²) in [6.45, 7) is 1.94. The first-order valence-corrected chi connectivity index (χ1v) is 10.3. The van der Waals surface area contributed by atoms with Crippen molar-refractivity contribution in [2.24, 2.45) is 0 Å². The summed E-state index contributed by atoms with van der Waals surface area (Å²) in [4.78, 5) is 25.1. The molecule has 4 aromatic carbocycles. The van der Waals surface area contributed by atoms with Gasteiger partial charge in [0.15, 0.2) is 0 Å². The van der Waals surface area contributed by atoms with Crippen LogP contribution in [0.2, 0.25) is 0 Å². The quantitative estimate of drug-likeness (QED) is 0.442. The van der Waals surface area contributed by atoms with Gasteiger partial charge in [0.25, 0.3) is 5.91 Å². The first kappa shape index (κ1) is 20.4. The number of hydrogen-bond acceptors (Lipinski definition) is 2. The Balaban J connectivity index is 1.42. The van der Waals surface area contributed by atoms with Crippen molar-refractivity contribution in [3.63, 3.8) is 0 Å². The Morgan fingerprint density at radius 1 is 0.806 bits per heavy atom. The van der Waals surface area contributed by atoms with E-state index in [-0.39, 0.29) is 17.9 Å². The summed E-state index contributed by atoms with van der Waals surface area (Å²) in [5, 5.41) is 8.21. The molecule has 4 aromatic rings.